The molecule has 0 heterocycles. The number of hydrogen-bond donors (Lipinski definition) is 2. The van der Waals surface area contributed by atoms with E-state index in [0.29, 0.717) is 11.6 Å². The molecule has 1 unspecified atom stereocenters. The van der Waals surface area contributed by atoms with Crippen LogP contribution in [0.3, 0.4) is 0 Å². The number of rotatable bonds is 7. The van der Waals surface area contributed by atoms with E-state index >= 15 is 0 Å². The number of anilines is 1. The second-order valence-corrected chi connectivity index (χ2v) is 7.44. The molecule has 0 saturated carbocycles. The number of quaternary nitrogens is 1. The van der Waals surface area contributed by atoms with Gasteiger partial charge in [0, 0.05) is 24.3 Å². The molecule has 0 aliphatic carbocycles. The Labute approximate surface area is 165 Å². The molecule has 0 aromatic heterocycles. The molecule has 6 heteroatoms. The lowest BCUT2D eigenvalue weighted by atomic mass is 10.1. The summed E-state index contributed by atoms with van der Waals surface area (Å²) in [5.41, 5.74) is 3.88. The molecule has 0 fully saturated rings. The minimum absolute atomic E-state index is 0.0210. The molecule has 144 valence electrons. The quantitative estimate of drug-likeness (QED) is 0.763. The second-order valence-electron chi connectivity index (χ2n) is 7.01. The summed E-state index contributed by atoms with van der Waals surface area (Å²) in [6, 6.07) is 13.3. The lowest BCUT2D eigenvalue weighted by Gasteiger charge is -2.20. The van der Waals surface area contributed by atoms with Gasteiger partial charge in [0.15, 0.2) is 13.1 Å². The summed E-state index contributed by atoms with van der Waals surface area (Å²) >= 11 is 5.99. The van der Waals surface area contributed by atoms with Gasteiger partial charge in [0.05, 0.1) is 7.05 Å². The molecule has 5 nitrogen and oxygen atoms in total. The average Bonchev–Trinajstić information content (AvgIpc) is 2.58. The highest BCUT2D eigenvalue weighted by Crippen LogP contribution is 2.18. The highest BCUT2D eigenvalue weighted by molar-refractivity contribution is 6.30. The largest absolute Gasteiger partial charge is 0.337 e. The zero-order valence-electron chi connectivity index (χ0n) is 16.3. The number of halogens is 1. The minimum atomic E-state index is -0.102. The predicted molar refractivity (Wildman–Crippen MR) is 109 cm³/mol. The SMILES string of the molecule is Cc1cccc(C)c1NC(=O)C[NH+](C)CC(=O)N(C)Cc1cccc(Cl)c1. The summed E-state index contributed by atoms with van der Waals surface area (Å²) < 4.78 is 0. The normalized spacial score (nSPS) is 11.7. The van der Waals surface area contributed by atoms with Gasteiger partial charge in [0.1, 0.15) is 0 Å². The molecule has 2 rings (SSSR count). The van der Waals surface area contributed by atoms with Crippen molar-refractivity contribution in [3.8, 4) is 0 Å². The van der Waals surface area contributed by atoms with E-state index in [-0.39, 0.29) is 24.9 Å². The smallest absolute Gasteiger partial charge is 0.279 e. The molecule has 2 aromatic carbocycles. The molecule has 0 spiro atoms. The van der Waals surface area contributed by atoms with E-state index in [4.69, 9.17) is 11.6 Å². The van der Waals surface area contributed by atoms with Crippen molar-refractivity contribution < 1.29 is 14.5 Å². The number of aryl methyl sites for hydroxylation is 2. The van der Waals surface area contributed by atoms with E-state index in [0.717, 1.165) is 27.3 Å². The van der Waals surface area contributed by atoms with Crippen molar-refractivity contribution in [3.63, 3.8) is 0 Å². The fourth-order valence-electron chi connectivity index (χ4n) is 2.92. The van der Waals surface area contributed by atoms with Gasteiger partial charge in [-0.15, -0.1) is 0 Å². The monoisotopic (exact) mass is 388 g/mol. The lowest BCUT2D eigenvalue weighted by Crippen LogP contribution is -3.11. The Bertz CT molecular complexity index is 803. The number of hydrogen-bond acceptors (Lipinski definition) is 2. The molecule has 0 saturated heterocycles. The van der Waals surface area contributed by atoms with Crippen molar-refractivity contribution in [3.05, 3.63) is 64.2 Å². The number of nitrogens with zero attached hydrogens (tertiary/aromatic N) is 1. The van der Waals surface area contributed by atoms with Crippen LogP contribution >= 0.6 is 11.6 Å². The van der Waals surface area contributed by atoms with Crippen LogP contribution in [0.4, 0.5) is 5.69 Å². The summed E-state index contributed by atoms with van der Waals surface area (Å²) in [6.07, 6.45) is 0. The Morgan fingerprint density at radius 2 is 1.70 bits per heavy atom. The maximum atomic E-state index is 12.4. The maximum Gasteiger partial charge on any atom is 0.279 e. The van der Waals surface area contributed by atoms with Crippen molar-refractivity contribution >= 4 is 29.1 Å². The van der Waals surface area contributed by atoms with E-state index in [2.05, 4.69) is 5.32 Å². The number of benzene rings is 2. The highest BCUT2D eigenvalue weighted by Gasteiger charge is 2.18. The Morgan fingerprint density at radius 3 is 2.33 bits per heavy atom. The molecular formula is C21H27ClN3O2+. The molecule has 0 bridgehead atoms. The van der Waals surface area contributed by atoms with Crippen LogP contribution in [-0.2, 0) is 16.1 Å². The van der Waals surface area contributed by atoms with E-state index in [1.807, 2.05) is 57.3 Å². The number of carbonyl (C=O) groups excluding carboxylic acids is 2. The van der Waals surface area contributed by atoms with Crippen LogP contribution in [0.15, 0.2) is 42.5 Å². The van der Waals surface area contributed by atoms with Gasteiger partial charge in [0.2, 0.25) is 0 Å². The van der Waals surface area contributed by atoms with E-state index in [1.165, 1.54) is 0 Å². The number of nitrogens with one attached hydrogen (secondary N) is 2. The van der Waals surface area contributed by atoms with Gasteiger partial charge in [-0.25, -0.2) is 0 Å². The molecule has 2 N–H and O–H groups in total. The lowest BCUT2D eigenvalue weighted by molar-refractivity contribution is -0.862. The molecular weight excluding hydrogens is 362 g/mol. The van der Waals surface area contributed by atoms with Crippen molar-refractivity contribution in [1.82, 2.24) is 4.90 Å². The van der Waals surface area contributed by atoms with E-state index < -0.39 is 0 Å². The van der Waals surface area contributed by atoms with Gasteiger partial charge < -0.3 is 15.1 Å². The third kappa shape index (κ3) is 6.38. The maximum absolute atomic E-state index is 12.4. The molecule has 2 amide bonds. The summed E-state index contributed by atoms with van der Waals surface area (Å²) in [5, 5.41) is 3.61. The van der Waals surface area contributed by atoms with Gasteiger partial charge >= 0.3 is 0 Å². The number of likely N-dealkylation sites (N-methyl/N-ethyl adjacent to an activating group) is 2. The Morgan fingerprint density at radius 1 is 1.07 bits per heavy atom. The zero-order chi connectivity index (χ0) is 20.0. The predicted octanol–water partition coefficient (Wildman–Crippen LogP) is 2.07. The number of para-hydroxylation sites is 1. The van der Waals surface area contributed by atoms with Gasteiger partial charge in [-0.3, -0.25) is 9.59 Å². The first-order valence-electron chi connectivity index (χ1n) is 8.92. The molecule has 2 aromatic rings. The van der Waals surface area contributed by atoms with Crippen LogP contribution < -0.4 is 10.2 Å². The first-order valence-corrected chi connectivity index (χ1v) is 9.30. The zero-order valence-corrected chi connectivity index (χ0v) is 17.1. The fourth-order valence-corrected chi connectivity index (χ4v) is 3.14. The van der Waals surface area contributed by atoms with Gasteiger partial charge in [0.25, 0.3) is 11.8 Å². The van der Waals surface area contributed by atoms with E-state index in [1.54, 1.807) is 18.0 Å². The summed E-state index contributed by atoms with van der Waals surface area (Å²) in [5.74, 6) is -0.123. The second kappa shape index (κ2) is 9.53. The van der Waals surface area contributed by atoms with Crippen LogP contribution in [0.25, 0.3) is 0 Å². The Hall–Kier alpha value is -2.37. The van der Waals surface area contributed by atoms with Crippen LogP contribution in [-0.4, -0.2) is 43.9 Å². The third-order valence-electron chi connectivity index (χ3n) is 4.40. The van der Waals surface area contributed by atoms with Crippen LogP contribution in [0.5, 0.6) is 0 Å². The van der Waals surface area contributed by atoms with Gasteiger partial charge in [-0.1, -0.05) is 41.9 Å². The minimum Gasteiger partial charge on any atom is -0.337 e. The molecule has 0 aliphatic heterocycles. The van der Waals surface area contributed by atoms with Crippen molar-refractivity contribution in [2.45, 2.75) is 20.4 Å². The Balaban J connectivity index is 1.86. The number of amides is 2. The van der Waals surface area contributed by atoms with E-state index in [9.17, 15) is 9.59 Å². The highest BCUT2D eigenvalue weighted by atomic mass is 35.5. The summed E-state index contributed by atoms with van der Waals surface area (Å²) in [4.78, 5) is 27.3. The molecule has 27 heavy (non-hydrogen) atoms. The van der Waals surface area contributed by atoms with Gasteiger partial charge in [-0.2, -0.15) is 0 Å². The summed E-state index contributed by atoms with van der Waals surface area (Å²) in [7, 11) is 3.60. The first-order chi connectivity index (χ1) is 12.8. The third-order valence-corrected chi connectivity index (χ3v) is 4.63. The van der Waals surface area contributed by atoms with Crippen LogP contribution in [0.1, 0.15) is 16.7 Å². The molecule has 0 aliphatic rings. The molecule has 1 atom stereocenters. The van der Waals surface area contributed by atoms with Crippen molar-refractivity contribution in [1.29, 1.82) is 0 Å². The fraction of sp³-hybridized carbons (Fsp3) is 0.333. The topological polar surface area (TPSA) is 53.9 Å². The number of carbonyl (C=O) groups is 2. The summed E-state index contributed by atoms with van der Waals surface area (Å²) in [6.45, 7) is 4.89. The van der Waals surface area contributed by atoms with Gasteiger partial charge in [-0.05, 0) is 42.7 Å². The average molecular weight is 389 g/mol. The van der Waals surface area contributed by atoms with Crippen LogP contribution in [0.2, 0.25) is 5.02 Å². The van der Waals surface area contributed by atoms with Crippen LogP contribution in [0, 0.1) is 13.8 Å². The molecule has 0 radical (unpaired) electrons. The van der Waals surface area contributed by atoms with Crippen molar-refractivity contribution in [2.24, 2.45) is 0 Å². The standard InChI is InChI=1S/C21H26ClN3O2/c1-15-7-5-8-16(2)21(15)23-19(26)13-24(3)14-20(27)25(4)12-17-9-6-10-18(22)11-17/h5-11H,12-14H2,1-4H3,(H,23,26)/p+1. The first kappa shape index (κ1) is 20.9. The van der Waals surface area contributed by atoms with Crippen molar-refractivity contribution in [2.75, 3.05) is 32.5 Å². The Kier molecular flexibility index (Phi) is 7.39.